The van der Waals surface area contributed by atoms with E-state index in [1.165, 1.54) is 0 Å². The zero-order chi connectivity index (χ0) is 13.9. The maximum absolute atomic E-state index is 11.7. The first-order valence-electron chi connectivity index (χ1n) is 6.27. The third-order valence-corrected chi connectivity index (χ3v) is 6.16. The number of hydrogen-bond donors (Lipinski definition) is 1. The molecule has 0 spiro atoms. The number of nitrogens with one attached hydrogen (secondary N) is 1. The Kier molecular flexibility index (Phi) is 4.86. The van der Waals surface area contributed by atoms with Crippen LogP contribution in [0.1, 0.15) is 18.4 Å². The second-order valence-corrected chi connectivity index (χ2v) is 8.03. The highest BCUT2D eigenvalue weighted by atomic mass is 79.9. The van der Waals surface area contributed by atoms with E-state index in [4.69, 9.17) is 4.74 Å². The fourth-order valence-corrected chi connectivity index (χ4v) is 4.55. The lowest BCUT2D eigenvalue weighted by molar-refractivity contribution is 0.407. The minimum atomic E-state index is -2.87. The van der Waals surface area contributed by atoms with Crippen molar-refractivity contribution in [1.82, 2.24) is 5.32 Å². The van der Waals surface area contributed by atoms with Crippen molar-refractivity contribution >= 4 is 25.8 Å². The van der Waals surface area contributed by atoms with Crippen LogP contribution in [0.5, 0.6) is 5.75 Å². The summed E-state index contributed by atoms with van der Waals surface area (Å²) in [4.78, 5) is 0. The summed E-state index contributed by atoms with van der Waals surface area (Å²) >= 11 is 3.42. The zero-order valence-electron chi connectivity index (χ0n) is 10.9. The number of hydrogen-bond acceptors (Lipinski definition) is 4. The van der Waals surface area contributed by atoms with Gasteiger partial charge in [-0.15, -0.1) is 0 Å². The molecule has 0 saturated carbocycles. The number of ether oxygens (including phenoxy) is 1. The van der Waals surface area contributed by atoms with Crippen molar-refractivity contribution in [3.63, 3.8) is 0 Å². The van der Waals surface area contributed by atoms with Crippen LogP contribution < -0.4 is 10.1 Å². The molecule has 0 amide bonds. The van der Waals surface area contributed by atoms with Crippen molar-refractivity contribution < 1.29 is 13.2 Å². The molecule has 1 saturated heterocycles. The standard InChI is InChI=1S/C13H18BrNO3S/c1-18-13-5-4-11(14)7-10(13)8-15-9-12-3-2-6-19(12,16)17/h4-5,7,12,15H,2-3,6,8-9H2,1H3. The van der Waals surface area contributed by atoms with Crippen LogP contribution in [0.3, 0.4) is 0 Å². The van der Waals surface area contributed by atoms with Crippen LogP contribution in [-0.4, -0.2) is 33.1 Å². The van der Waals surface area contributed by atoms with E-state index < -0.39 is 9.84 Å². The molecule has 1 aliphatic heterocycles. The van der Waals surface area contributed by atoms with Gasteiger partial charge in [0, 0.05) is 23.1 Å². The third kappa shape index (κ3) is 3.70. The predicted molar refractivity (Wildman–Crippen MR) is 79.2 cm³/mol. The average molecular weight is 348 g/mol. The Morgan fingerprint density at radius 3 is 2.89 bits per heavy atom. The summed E-state index contributed by atoms with van der Waals surface area (Å²) in [7, 11) is -1.24. The molecule has 2 rings (SSSR count). The topological polar surface area (TPSA) is 55.4 Å². The van der Waals surface area contributed by atoms with Gasteiger partial charge in [-0.3, -0.25) is 0 Å². The fraction of sp³-hybridized carbons (Fsp3) is 0.538. The van der Waals surface area contributed by atoms with E-state index in [1.54, 1.807) is 7.11 Å². The summed E-state index contributed by atoms with van der Waals surface area (Å²) in [6, 6.07) is 5.80. The van der Waals surface area contributed by atoms with Crippen LogP contribution in [0, 0.1) is 0 Å². The highest BCUT2D eigenvalue weighted by molar-refractivity contribution is 9.10. The van der Waals surface area contributed by atoms with Gasteiger partial charge in [0.1, 0.15) is 5.75 Å². The molecule has 1 aromatic rings. The van der Waals surface area contributed by atoms with Gasteiger partial charge in [0.05, 0.1) is 18.1 Å². The highest BCUT2D eigenvalue weighted by Gasteiger charge is 2.30. The third-order valence-electron chi connectivity index (χ3n) is 3.39. The smallest absolute Gasteiger partial charge is 0.154 e. The van der Waals surface area contributed by atoms with Crippen molar-refractivity contribution in [1.29, 1.82) is 0 Å². The normalized spacial score (nSPS) is 21.5. The quantitative estimate of drug-likeness (QED) is 0.886. The number of rotatable bonds is 5. The lowest BCUT2D eigenvalue weighted by Gasteiger charge is -2.13. The minimum Gasteiger partial charge on any atom is -0.496 e. The van der Waals surface area contributed by atoms with Gasteiger partial charge >= 0.3 is 0 Å². The first kappa shape index (κ1) is 14.8. The minimum absolute atomic E-state index is 0.231. The van der Waals surface area contributed by atoms with Gasteiger partial charge in [-0.2, -0.15) is 0 Å². The molecule has 1 aromatic carbocycles. The van der Waals surface area contributed by atoms with E-state index >= 15 is 0 Å². The predicted octanol–water partition coefficient (Wildman–Crippen LogP) is 2.12. The zero-order valence-corrected chi connectivity index (χ0v) is 13.3. The maximum atomic E-state index is 11.7. The Morgan fingerprint density at radius 2 is 2.26 bits per heavy atom. The van der Waals surface area contributed by atoms with Crippen molar-refractivity contribution in [2.75, 3.05) is 19.4 Å². The molecule has 0 aliphatic carbocycles. The van der Waals surface area contributed by atoms with Crippen LogP contribution >= 0.6 is 15.9 Å². The molecule has 4 nitrogen and oxygen atoms in total. The fourth-order valence-electron chi connectivity index (χ4n) is 2.34. The molecule has 1 fully saturated rings. The molecule has 1 aliphatic rings. The Labute approximate surface area is 122 Å². The summed E-state index contributed by atoms with van der Waals surface area (Å²) in [6.45, 7) is 1.12. The lowest BCUT2D eigenvalue weighted by Crippen LogP contribution is -2.30. The Bertz CT molecular complexity index is 545. The highest BCUT2D eigenvalue weighted by Crippen LogP contribution is 2.23. The number of sulfone groups is 1. The summed E-state index contributed by atoms with van der Waals surface area (Å²) in [6.07, 6.45) is 1.56. The van der Waals surface area contributed by atoms with Gasteiger partial charge in [0.15, 0.2) is 9.84 Å². The van der Waals surface area contributed by atoms with E-state index in [0.717, 1.165) is 28.6 Å². The van der Waals surface area contributed by atoms with Crippen LogP contribution in [0.15, 0.2) is 22.7 Å². The van der Waals surface area contributed by atoms with Crippen molar-refractivity contribution in [3.8, 4) is 5.75 Å². The molecule has 0 aromatic heterocycles. The molecular formula is C13H18BrNO3S. The van der Waals surface area contributed by atoms with Gasteiger partial charge < -0.3 is 10.1 Å². The summed E-state index contributed by atoms with van der Waals surface area (Å²) in [5, 5.41) is 2.99. The summed E-state index contributed by atoms with van der Waals surface area (Å²) in [5.41, 5.74) is 1.02. The number of methoxy groups -OCH3 is 1. The van der Waals surface area contributed by atoms with E-state index in [2.05, 4.69) is 21.2 Å². The molecular weight excluding hydrogens is 330 g/mol. The monoisotopic (exact) mass is 347 g/mol. The van der Waals surface area contributed by atoms with Gasteiger partial charge in [-0.25, -0.2) is 8.42 Å². The second kappa shape index (κ2) is 6.24. The molecule has 6 heteroatoms. The first-order chi connectivity index (χ1) is 9.03. The van der Waals surface area contributed by atoms with Crippen LogP contribution in [-0.2, 0) is 16.4 Å². The molecule has 19 heavy (non-hydrogen) atoms. The summed E-state index contributed by atoms with van der Waals surface area (Å²) in [5.74, 6) is 1.14. The Hall–Kier alpha value is -0.590. The molecule has 0 radical (unpaired) electrons. The van der Waals surface area contributed by atoms with Crippen LogP contribution in [0.2, 0.25) is 0 Å². The lowest BCUT2D eigenvalue weighted by atomic mass is 10.2. The van der Waals surface area contributed by atoms with E-state index in [-0.39, 0.29) is 5.25 Å². The van der Waals surface area contributed by atoms with Crippen LogP contribution in [0.4, 0.5) is 0 Å². The van der Waals surface area contributed by atoms with Gasteiger partial charge in [0.25, 0.3) is 0 Å². The number of benzene rings is 1. The molecule has 0 bridgehead atoms. The van der Waals surface area contributed by atoms with Gasteiger partial charge in [-0.1, -0.05) is 15.9 Å². The maximum Gasteiger partial charge on any atom is 0.154 e. The Balaban J connectivity index is 1.94. The average Bonchev–Trinajstić information content (AvgIpc) is 2.69. The van der Waals surface area contributed by atoms with Crippen molar-refractivity contribution in [2.45, 2.75) is 24.6 Å². The molecule has 1 unspecified atom stereocenters. The van der Waals surface area contributed by atoms with Crippen molar-refractivity contribution in [3.05, 3.63) is 28.2 Å². The van der Waals surface area contributed by atoms with E-state index in [1.807, 2.05) is 18.2 Å². The second-order valence-electron chi connectivity index (χ2n) is 4.72. The van der Waals surface area contributed by atoms with Crippen molar-refractivity contribution in [2.24, 2.45) is 0 Å². The van der Waals surface area contributed by atoms with Gasteiger partial charge in [0.2, 0.25) is 0 Å². The van der Waals surface area contributed by atoms with Gasteiger partial charge in [-0.05, 0) is 31.0 Å². The van der Waals surface area contributed by atoms with Crippen LogP contribution in [0.25, 0.3) is 0 Å². The van der Waals surface area contributed by atoms with E-state index in [0.29, 0.717) is 18.8 Å². The number of halogens is 1. The first-order valence-corrected chi connectivity index (χ1v) is 8.78. The largest absolute Gasteiger partial charge is 0.496 e. The molecule has 106 valence electrons. The Morgan fingerprint density at radius 1 is 1.47 bits per heavy atom. The molecule has 1 N–H and O–H groups in total. The summed E-state index contributed by atoms with van der Waals surface area (Å²) < 4.78 is 29.7. The molecule has 1 atom stereocenters. The SMILES string of the molecule is COc1ccc(Br)cc1CNCC1CCCS1(=O)=O. The van der Waals surface area contributed by atoms with E-state index in [9.17, 15) is 8.42 Å². The molecule has 1 heterocycles.